The van der Waals surface area contributed by atoms with Crippen LogP contribution in [0, 0.1) is 0 Å². The number of nitrogens with zero attached hydrogens (tertiary/aromatic N) is 2. The van der Waals surface area contributed by atoms with Gasteiger partial charge in [-0.05, 0) is 31.4 Å². The van der Waals surface area contributed by atoms with E-state index in [-0.39, 0.29) is 5.91 Å². The molecule has 0 radical (unpaired) electrons. The Labute approximate surface area is 126 Å². The number of anilines is 1. The van der Waals surface area contributed by atoms with Crippen molar-refractivity contribution in [1.82, 2.24) is 9.97 Å². The number of nitrogens with one attached hydrogen (secondary N) is 1. The molecule has 6 heteroatoms. The lowest BCUT2D eigenvalue weighted by Gasteiger charge is -2.04. The van der Waals surface area contributed by atoms with Gasteiger partial charge in [-0.25, -0.2) is 9.97 Å². The predicted octanol–water partition coefficient (Wildman–Crippen LogP) is 3.88. The molecule has 1 fully saturated rings. The van der Waals surface area contributed by atoms with Crippen molar-refractivity contribution in [3.8, 4) is 0 Å². The molecule has 0 unspecified atom stereocenters. The Morgan fingerprint density at radius 1 is 1.45 bits per heavy atom. The molecule has 0 bridgehead atoms. The van der Waals surface area contributed by atoms with Crippen LogP contribution in [0.2, 0.25) is 5.15 Å². The van der Waals surface area contributed by atoms with Crippen LogP contribution in [0.5, 0.6) is 0 Å². The maximum absolute atomic E-state index is 12.2. The molecule has 2 heterocycles. The molecule has 0 aliphatic heterocycles. The molecule has 0 aromatic carbocycles. The molecule has 1 N–H and O–H groups in total. The van der Waals surface area contributed by atoms with E-state index in [9.17, 15) is 4.79 Å². The number of amides is 1. The third-order valence-corrected chi connectivity index (χ3v) is 4.18. The molecule has 3 rings (SSSR count). The molecule has 1 aliphatic rings. The first-order valence-corrected chi connectivity index (χ1v) is 7.84. The van der Waals surface area contributed by atoms with E-state index in [2.05, 4.69) is 15.3 Å². The minimum Gasteiger partial charge on any atom is -0.298 e. The van der Waals surface area contributed by atoms with Crippen LogP contribution in [0.25, 0.3) is 0 Å². The lowest BCUT2D eigenvalue weighted by molar-refractivity contribution is 0.102. The monoisotopic (exact) mass is 307 g/mol. The van der Waals surface area contributed by atoms with Gasteiger partial charge >= 0.3 is 0 Å². The first kappa shape index (κ1) is 13.5. The van der Waals surface area contributed by atoms with E-state index in [1.807, 2.05) is 12.3 Å². The fourth-order valence-corrected chi connectivity index (χ4v) is 2.96. The van der Waals surface area contributed by atoms with Gasteiger partial charge < -0.3 is 0 Å². The first-order chi connectivity index (χ1) is 9.65. The smallest absolute Gasteiger partial charge is 0.257 e. The number of rotatable bonds is 4. The number of carbonyl (C=O) groups is 1. The third-order valence-electron chi connectivity index (χ3n) is 3.21. The highest BCUT2D eigenvalue weighted by molar-refractivity contribution is 7.14. The van der Waals surface area contributed by atoms with Gasteiger partial charge in [-0.1, -0.05) is 18.5 Å². The van der Waals surface area contributed by atoms with Gasteiger partial charge in [-0.2, -0.15) is 0 Å². The highest BCUT2D eigenvalue weighted by Gasteiger charge is 2.26. The fraction of sp³-hybridized carbons (Fsp3) is 0.357. The zero-order valence-electron chi connectivity index (χ0n) is 11.0. The molecule has 4 nitrogen and oxygen atoms in total. The van der Waals surface area contributed by atoms with Gasteiger partial charge in [0.25, 0.3) is 5.91 Å². The molecule has 2 aromatic rings. The lowest BCUT2D eigenvalue weighted by atomic mass is 10.2. The summed E-state index contributed by atoms with van der Waals surface area (Å²) >= 11 is 7.39. The van der Waals surface area contributed by atoms with E-state index in [1.165, 1.54) is 24.2 Å². The number of hydrogen-bond acceptors (Lipinski definition) is 4. The van der Waals surface area contributed by atoms with Gasteiger partial charge in [-0.3, -0.25) is 10.1 Å². The fourth-order valence-electron chi connectivity index (χ4n) is 1.94. The van der Waals surface area contributed by atoms with Gasteiger partial charge in [0.15, 0.2) is 5.13 Å². The van der Waals surface area contributed by atoms with Crippen LogP contribution in [0.15, 0.2) is 17.5 Å². The highest BCUT2D eigenvalue weighted by atomic mass is 35.5. The topological polar surface area (TPSA) is 54.9 Å². The van der Waals surface area contributed by atoms with Crippen molar-refractivity contribution in [2.24, 2.45) is 0 Å². The summed E-state index contributed by atoms with van der Waals surface area (Å²) in [5.74, 6) is 0.402. The number of carbonyl (C=O) groups excluding carboxylic acids is 1. The maximum atomic E-state index is 12.2. The van der Waals surface area contributed by atoms with E-state index in [0.29, 0.717) is 21.8 Å². The van der Waals surface area contributed by atoms with E-state index < -0.39 is 0 Å². The van der Waals surface area contributed by atoms with Gasteiger partial charge in [0.1, 0.15) is 5.15 Å². The predicted molar refractivity (Wildman–Crippen MR) is 80.7 cm³/mol. The Kier molecular flexibility index (Phi) is 3.72. The molecular formula is C14H14ClN3OS. The van der Waals surface area contributed by atoms with Crippen molar-refractivity contribution in [3.63, 3.8) is 0 Å². The Morgan fingerprint density at radius 3 is 2.95 bits per heavy atom. The van der Waals surface area contributed by atoms with Crippen LogP contribution in [0.3, 0.4) is 0 Å². The number of thiazole rings is 1. The van der Waals surface area contributed by atoms with Crippen molar-refractivity contribution in [1.29, 1.82) is 0 Å². The largest absolute Gasteiger partial charge is 0.298 e. The van der Waals surface area contributed by atoms with E-state index >= 15 is 0 Å². The molecule has 0 saturated heterocycles. The molecule has 0 atom stereocenters. The standard InChI is InChI=1S/C14H14ClN3OS/c1-2-10-5-9(6-12(15)16-10)13(19)18-14-17-11(7-20-14)8-3-4-8/h5-8H,2-4H2,1H3,(H,17,18,19). The average Bonchev–Trinajstić information content (AvgIpc) is 3.19. The third kappa shape index (κ3) is 2.99. The van der Waals surface area contributed by atoms with E-state index in [1.54, 1.807) is 12.1 Å². The Morgan fingerprint density at radius 2 is 2.25 bits per heavy atom. The minimum absolute atomic E-state index is 0.194. The number of pyridine rings is 1. The second kappa shape index (κ2) is 5.50. The van der Waals surface area contributed by atoms with Crippen LogP contribution in [-0.4, -0.2) is 15.9 Å². The normalized spacial score (nSPS) is 14.3. The van der Waals surface area contributed by atoms with Crippen molar-refractivity contribution in [2.45, 2.75) is 32.1 Å². The molecule has 0 spiro atoms. The molecule has 104 valence electrons. The number of halogens is 1. The summed E-state index contributed by atoms with van der Waals surface area (Å²) in [6.45, 7) is 1.98. The summed E-state index contributed by atoms with van der Waals surface area (Å²) in [5, 5.41) is 5.82. The second-order valence-electron chi connectivity index (χ2n) is 4.83. The summed E-state index contributed by atoms with van der Waals surface area (Å²) in [7, 11) is 0. The molecule has 20 heavy (non-hydrogen) atoms. The molecule has 1 aliphatic carbocycles. The summed E-state index contributed by atoms with van der Waals surface area (Å²) < 4.78 is 0. The molecule has 2 aromatic heterocycles. The van der Waals surface area contributed by atoms with Gasteiger partial charge in [0.05, 0.1) is 5.69 Å². The highest BCUT2D eigenvalue weighted by Crippen LogP contribution is 2.40. The summed E-state index contributed by atoms with van der Waals surface area (Å²) in [6.07, 6.45) is 3.15. The lowest BCUT2D eigenvalue weighted by Crippen LogP contribution is -2.12. The minimum atomic E-state index is -0.194. The zero-order valence-corrected chi connectivity index (χ0v) is 12.6. The van der Waals surface area contributed by atoms with Crippen molar-refractivity contribution in [2.75, 3.05) is 5.32 Å². The zero-order chi connectivity index (χ0) is 14.1. The second-order valence-corrected chi connectivity index (χ2v) is 6.07. The van der Waals surface area contributed by atoms with Gasteiger partial charge in [-0.15, -0.1) is 11.3 Å². The van der Waals surface area contributed by atoms with Crippen LogP contribution >= 0.6 is 22.9 Å². The van der Waals surface area contributed by atoms with Crippen molar-refractivity contribution >= 4 is 34.0 Å². The molecular weight excluding hydrogens is 294 g/mol. The van der Waals surface area contributed by atoms with E-state index in [0.717, 1.165) is 17.8 Å². The van der Waals surface area contributed by atoms with Crippen LogP contribution in [-0.2, 0) is 6.42 Å². The quantitative estimate of drug-likeness (QED) is 0.872. The molecule has 1 saturated carbocycles. The van der Waals surface area contributed by atoms with Gasteiger partial charge in [0, 0.05) is 22.6 Å². The summed E-state index contributed by atoms with van der Waals surface area (Å²) in [4.78, 5) is 20.8. The summed E-state index contributed by atoms with van der Waals surface area (Å²) in [5.41, 5.74) is 2.41. The summed E-state index contributed by atoms with van der Waals surface area (Å²) in [6, 6.07) is 3.34. The maximum Gasteiger partial charge on any atom is 0.257 e. The Hall–Kier alpha value is -1.46. The average molecular weight is 308 g/mol. The van der Waals surface area contributed by atoms with Crippen LogP contribution in [0.1, 0.15) is 47.4 Å². The van der Waals surface area contributed by atoms with Crippen molar-refractivity contribution < 1.29 is 4.79 Å². The van der Waals surface area contributed by atoms with Gasteiger partial charge in [0.2, 0.25) is 0 Å². The number of hydrogen-bond donors (Lipinski definition) is 1. The number of aromatic nitrogens is 2. The Bertz CT molecular complexity index is 652. The number of aryl methyl sites for hydroxylation is 1. The van der Waals surface area contributed by atoms with E-state index in [4.69, 9.17) is 11.6 Å². The van der Waals surface area contributed by atoms with Crippen LogP contribution in [0.4, 0.5) is 5.13 Å². The molecule has 1 amide bonds. The Balaban J connectivity index is 1.76. The SMILES string of the molecule is CCc1cc(C(=O)Nc2nc(C3CC3)cs2)cc(Cl)n1. The first-order valence-electron chi connectivity index (χ1n) is 6.59. The van der Waals surface area contributed by atoms with Crippen LogP contribution < -0.4 is 5.32 Å². The van der Waals surface area contributed by atoms with Crippen molar-refractivity contribution in [3.05, 3.63) is 39.6 Å².